The van der Waals surface area contributed by atoms with Gasteiger partial charge in [-0.25, -0.2) is 4.39 Å². The fourth-order valence-corrected chi connectivity index (χ4v) is 2.64. The van der Waals surface area contributed by atoms with Gasteiger partial charge < -0.3 is 15.5 Å². The van der Waals surface area contributed by atoms with E-state index < -0.39 is 11.7 Å². The maximum atomic E-state index is 13.6. The molecule has 5 heteroatoms. The lowest BCUT2D eigenvalue weighted by atomic mass is 9.85. The number of aliphatic hydroxyl groups excluding tert-OH is 1. The Hall–Kier alpha value is -1.62. The molecule has 1 aliphatic rings. The molecule has 0 aromatic heterocycles. The van der Waals surface area contributed by atoms with E-state index in [2.05, 4.69) is 5.32 Å². The molecule has 1 aromatic carbocycles. The fourth-order valence-electron chi connectivity index (χ4n) is 2.64. The summed E-state index contributed by atoms with van der Waals surface area (Å²) in [6.45, 7) is 1.87. The van der Waals surface area contributed by atoms with Crippen LogP contribution in [0.15, 0.2) is 18.2 Å². The molecule has 0 radical (unpaired) electrons. The second-order valence-electron chi connectivity index (χ2n) is 5.36. The molecule has 0 spiro atoms. The number of phenolic OH excluding ortho intramolecular Hbond substituents is 1. The summed E-state index contributed by atoms with van der Waals surface area (Å²) >= 11 is 0. The molecule has 1 aliphatic carbocycles. The van der Waals surface area contributed by atoms with Crippen LogP contribution in [0.1, 0.15) is 36.5 Å². The number of aromatic hydroxyl groups is 1. The van der Waals surface area contributed by atoms with E-state index in [1.165, 1.54) is 12.1 Å². The zero-order valence-corrected chi connectivity index (χ0v) is 10.8. The maximum absolute atomic E-state index is 13.6. The average Bonchev–Trinajstić information content (AvgIpc) is 2.71. The lowest BCUT2D eigenvalue weighted by molar-refractivity contribution is 0.0824. The molecule has 2 atom stereocenters. The average molecular weight is 267 g/mol. The third-order valence-electron chi connectivity index (χ3n) is 3.97. The van der Waals surface area contributed by atoms with E-state index in [0.717, 1.165) is 25.3 Å². The first-order valence-corrected chi connectivity index (χ1v) is 6.37. The van der Waals surface area contributed by atoms with Crippen LogP contribution in [0.25, 0.3) is 0 Å². The van der Waals surface area contributed by atoms with Crippen molar-refractivity contribution in [3.63, 3.8) is 0 Å². The first-order valence-electron chi connectivity index (χ1n) is 6.37. The summed E-state index contributed by atoms with van der Waals surface area (Å²) in [6.07, 6.45) is 2.47. The number of carbonyl (C=O) groups is 1. The molecule has 1 fully saturated rings. The summed E-state index contributed by atoms with van der Waals surface area (Å²) in [4.78, 5) is 12.1. The molecule has 4 nitrogen and oxygen atoms in total. The van der Waals surface area contributed by atoms with Gasteiger partial charge in [-0.05, 0) is 25.0 Å². The fraction of sp³-hybridized carbons (Fsp3) is 0.500. The quantitative estimate of drug-likeness (QED) is 0.782. The van der Waals surface area contributed by atoms with Crippen molar-refractivity contribution in [3.8, 4) is 5.75 Å². The smallest absolute Gasteiger partial charge is 0.258 e. The van der Waals surface area contributed by atoms with E-state index in [9.17, 15) is 19.4 Å². The van der Waals surface area contributed by atoms with E-state index in [1.807, 2.05) is 6.92 Å². The highest BCUT2D eigenvalue weighted by Crippen LogP contribution is 2.37. The number of carbonyl (C=O) groups excluding carboxylic acids is 1. The van der Waals surface area contributed by atoms with E-state index in [0.29, 0.717) is 0 Å². The predicted molar refractivity (Wildman–Crippen MR) is 68.4 cm³/mol. The van der Waals surface area contributed by atoms with Crippen molar-refractivity contribution < 1.29 is 19.4 Å². The molecule has 1 aromatic rings. The molecule has 0 bridgehead atoms. The zero-order chi connectivity index (χ0) is 14.0. The zero-order valence-electron chi connectivity index (χ0n) is 10.8. The largest absolute Gasteiger partial charge is 0.507 e. The van der Waals surface area contributed by atoms with E-state index >= 15 is 0 Å². The first-order chi connectivity index (χ1) is 8.98. The van der Waals surface area contributed by atoms with Gasteiger partial charge in [-0.15, -0.1) is 0 Å². The Morgan fingerprint density at radius 3 is 2.95 bits per heavy atom. The van der Waals surface area contributed by atoms with Crippen LogP contribution in [0.4, 0.5) is 4.39 Å². The Morgan fingerprint density at radius 2 is 2.32 bits per heavy atom. The lowest BCUT2D eigenvalue weighted by Gasteiger charge is -2.30. The maximum Gasteiger partial charge on any atom is 0.258 e. The van der Waals surface area contributed by atoms with Gasteiger partial charge in [0.15, 0.2) is 0 Å². The van der Waals surface area contributed by atoms with Gasteiger partial charge >= 0.3 is 0 Å². The van der Waals surface area contributed by atoms with E-state index in [-0.39, 0.29) is 29.4 Å². The van der Waals surface area contributed by atoms with Gasteiger partial charge in [0.25, 0.3) is 5.91 Å². The highest BCUT2D eigenvalue weighted by atomic mass is 19.1. The Bertz CT molecular complexity index is 471. The van der Waals surface area contributed by atoms with Gasteiger partial charge in [0.05, 0.1) is 6.61 Å². The van der Waals surface area contributed by atoms with Crippen molar-refractivity contribution in [3.05, 3.63) is 29.6 Å². The van der Waals surface area contributed by atoms with E-state index in [4.69, 9.17) is 0 Å². The van der Waals surface area contributed by atoms with Crippen molar-refractivity contribution in [2.75, 3.05) is 6.61 Å². The SMILES string of the molecule is CC1(CO)CCCC1NC(=O)c1c(O)cccc1F. The molecule has 19 heavy (non-hydrogen) atoms. The number of halogens is 1. The number of aliphatic hydroxyl groups is 1. The number of amides is 1. The number of hydrogen-bond acceptors (Lipinski definition) is 3. The highest BCUT2D eigenvalue weighted by Gasteiger charge is 2.39. The minimum atomic E-state index is -0.749. The number of rotatable bonds is 3. The van der Waals surface area contributed by atoms with Crippen molar-refractivity contribution in [2.24, 2.45) is 5.41 Å². The van der Waals surface area contributed by atoms with Crippen LogP contribution in [0.3, 0.4) is 0 Å². The van der Waals surface area contributed by atoms with Gasteiger partial charge in [-0.3, -0.25) is 4.79 Å². The monoisotopic (exact) mass is 267 g/mol. The Kier molecular flexibility index (Phi) is 3.75. The van der Waals surface area contributed by atoms with Gasteiger partial charge in [-0.2, -0.15) is 0 Å². The summed E-state index contributed by atoms with van der Waals surface area (Å²) in [5.74, 6) is -1.76. The summed E-state index contributed by atoms with van der Waals surface area (Å²) in [6, 6.07) is 3.55. The summed E-state index contributed by atoms with van der Waals surface area (Å²) < 4.78 is 13.6. The van der Waals surface area contributed by atoms with Crippen LogP contribution in [0.5, 0.6) is 5.75 Å². The minimum Gasteiger partial charge on any atom is -0.507 e. The van der Waals surface area contributed by atoms with Gasteiger partial charge in [-0.1, -0.05) is 19.4 Å². The van der Waals surface area contributed by atoms with Gasteiger partial charge in [0.1, 0.15) is 17.1 Å². The van der Waals surface area contributed by atoms with Crippen LogP contribution in [0, 0.1) is 11.2 Å². The Morgan fingerprint density at radius 1 is 1.58 bits per heavy atom. The molecule has 104 valence electrons. The molecule has 1 saturated carbocycles. The van der Waals surface area contributed by atoms with Crippen molar-refractivity contribution in [1.82, 2.24) is 5.32 Å². The third-order valence-corrected chi connectivity index (χ3v) is 3.97. The molecular formula is C14H18FNO3. The molecule has 1 amide bonds. The second kappa shape index (κ2) is 5.17. The Labute approximate surface area is 111 Å². The van der Waals surface area contributed by atoms with E-state index in [1.54, 1.807) is 0 Å². The lowest BCUT2D eigenvalue weighted by Crippen LogP contribution is -2.45. The molecule has 0 heterocycles. The number of benzene rings is 1. The highest BCUT2D eigenvalue weighted by molar-refractivity contribution is 5.97. The van der Waals surface area contributed by atoms with Crippen LogP contribution < -0.4 is 5.32 Å². The van der Waals surface area contributed by atoms with Crippen LogP contribution in [0.2, 0.25) is 0 Å². The van der Waals surface area contributed by atoms with Crippen LogP contribution in [-0.2, 0) is 0 Å². The topological polar surface area (TPSA) is 69.6 Å². The summed E-state index contributed by atoms with van der Waals surface area (Å²) in [7, 11) is 0. The standard InChI is InChI=1S/C14H18FNO3/c1-14(8-17)7-3-6-11(14)16-13(19)12-9(15)4-2-5-10(12)18/h2,4-5,11,17-18H,3,6-8H2,1H3,(H,16,19). The normalized spacial score (nSPS) is 26.4. The van der Waals surface area contributed by atoms with Gasteiger partial charge in [0, 0.05) is 11.5 Å². The molecule has 3 N–H and O–H groups in total. The van der Waals surface area contributed by atoms with Crippen LogP contribution in [-0.4, -0.2) is 28.8 Å². The van der Waals surface area contributed by atoms with Crippen molar-refractivity contribution in [1.29, 1.82) is 0 Å². The molecule has 0 saturated heterocycles. The molecular weight excluding hydrogens is 249 g/mol. The predicted octanol–water partition coefficient (Wildman–Crippen LogP) is 1.81. The second-order valence-corrected chi connectivity index (χ2v) is 5.36. The van der Waals surface area contributed by atoms with Crippen LogP contribution >= 0.6 is 0 Å². The number of phenols is 1. The van der Waals surface area contributed by atoms with Gasteiger partial charge in [0.2, 0.25) is 0 Å². The molecule has 2 rings (SSSR count). The molecule has 0 aliphatic heterocycles. The van der Waals surface area contributed by atoms with Crippen molar-refractivity contribution in [2.45, 2.75) is 32.2 Å². The Balaban J connectivity index is 2.18. The first kappa shape index (κ1) is 13.8. The summed E-state index contributed by atoms with van der Waals surface area (Å²) in [5.41, 5.74) is -0.717. The molecule has 2 unspecified atom stereocenters. The minimum absolute atomic E-state index is 0.0266. The summed E-state index contributed by atoms with van der Waals surface area (Å²) in [5, 5.41) is 21.7. The number of hydrogen-bond donors (Lipinski definition) is 3. The third kappa shape index (κ3) is 2.56. The number of nitrogens with one attached hydrogen (secondary N) is 1. The van der Waals surface area contributed by atoms with Crippen molar-refractivity contribution >= 4 is 5.91 Å².